The number of carbonyl (C=O) groups is 1. The Labute approximate surface area is 97.9 Å². The Morgan fingerprint density at radius 2 is 2.06 bits per heavy atom. The highest BCUT2D eigenvalue weighted by Crippen LogP contribution is 2.70. The third-order valence-corrected chi connectivity index (χ3v) is 4.96. The van der Waals surface area contributed by atoms with Gasteiger partial charge in [0, 0.05) is 12.0 Å². The molecule has 1 amide bonds. The summed E-state index contributed by atoms with van der Waals surface area (Å²) in [5.74, 6) is 0.682. The molecule has 2 unspecified atom stereocenters. The third kappa shape index (κ3) is 1.52. The fourth-order valence-electron chi connectivity index (χ4n) is 3.58. The highest BCUT2D eigenvalue weighted by molar-refractivity contribution is 5.67. The summed E-state index contributed by atoms with van der Waals surface area (Å²) in [7, 11) is 0. The summed E-state index contributed by atoms with van der Waals surface area (Å²) >= 11 is 0. The normalized spacial score (nSPS) is 33.8. The maximum Gasteiger partial charge on any atom is 0.407 e. The van der Waals surface area contributed by atoms with Crippen molar-refractivity contribution in [3.05, 3.63) is 0 Å². The summed E-state index contributed by atoms with van der Waals surface area (Å²) < 4.78 is 5.56. The van der Waals surface area contributed by atoms with Crippen LogP contribution in [0.4, 0.5) is 4.79 Å². The van der Waals surface area contributed by atoms with Crippen molar-refractivity contribution in [3.8, 4) is 0 Å². The minimum absolute atomic E-state index is 0.0801. The molecule has 2 rings (SSSR count). The van der Waals surface area contributed by atoms with Gasteiger partial charge in [0.25, 0.3) is 0 Å². The molecule has 2 atom stereocenters. The number of amides is 1. The predicted octanol–water partition coefficient (Wildman–Crippen LogP) is 2.95. The van der Waals surface area contributed by atoms with E-state index in [-0.39, 0.29) is 17.6 Å². The van der Waals surface area contributed by atoms with E-state index in [0.29, 0.717) is 17.9 Å². The van der Waals surface area contributed by atoms with Crippen LogP contribution in [0.3, 0.4) is 0 Å². The lowest BCUT2D eigenvalue weighted by molar-refractivity contribution is 0.0207. The molecule has 1 N–H and O–H groups in total. The molecule has 0 heterocycles. The second-order valence-corrected chi connectivity index (χ2v) is 5.94. The number of carbonyl (C=O) groups excluding carboxylic acids is 1. The molecule has 16 heavy (non-hydrogen) atoms. The maximum absolute atomic E-state index is 11.5. The van der Waals surface area contributed by atoms with Crippen LogP contribution < -0.4 is 5.32 Å². The van der Waals surface area contributed by atoms with Gasteiger partial charge in [-0.3, -0.25) is 0 Å². The molecule has 0 saturated heterocycles. The van der Waals surface area contributed by atoms with E-state index in [9.17, 15) is 4.79 Å². The number of alkyl carbamates (subject to hydrolysis) is 1. The van der Waals surface area contributed by atoms with E-state index in [4.69, 9.17) is 4.74 Å². The van der Waals surface area contributed by atoms with Crippen molar-refractivity contribution in [1.29, 1.82) is 0 Å². The first kappa shape index (κ1) is 11.7. The molecule has 0 aromatic heterocycles. The Balaban J connectivity index is 2.04. The number of rotatable bonds is 2. The molecule has 0 aliphatic heterocycles. The lowest BCUT2D eigenvalue weighted by atomic mass is 9.75. The van der Waals surface area contributed by atoms with Gasteiger partial charge in [0.05, 0.1) is 0 Å². The highest BCUT2D eigenvalue weighted by Gasteiger charge is 2.66. The summed E-state index contributed by atoms with van der Waals surface area (Å²) in [6.07, 6.45) is 3.44. The molecular formula is C13H23NO2. The minimum atomic E-state index is -0.259. The van der Waals surface area contributed by atoms with Crippen LogP contribution >= 0.6 is 0 Å². The van der Waals surface area contributed by atoms with Crippen molar-refractivity contribution in [2.75, 3.05) is 6.54 Å². The first-order valence-electron chi connectivity index (χ1n) is 6.38. The van der Waals surface area contributed by atoms with Crippen LogP contribution in [0.15, 0.2) is 0 Å². The topological polar surface area (TPSA) is 38.3 Å². The van der Waals surface area contributed by atoms with Crippen molar-refractivity contribution in [1.82, 2.24) is 5.32 Å². The van der Waals surface area contributed by atoms with Crippen LogP contribution in [-0.4, -0.2) is 18.7 Å². The average molecular weight is 225 g/mol. The van der Waals surface area contributed by atoms with E-state index in [1.54, 1.807) is 0 Å². The zero-order chi connectivity index (χ0) is 12.0. The second kappa shape index (κ2) is 3.64. The molecule has 92 valence electrons. The molecule has 2 fully saturated rings. The first-order chi connectivity index (χ1) is 7.44. The van der Waals surface area contributed by atoms with Gasteiger partial charge in [0.15, 0.2) is 0 Å². The van der Waals surface area contributed by atoms with Crippen molar-refractivity contribution in [2.45, 2.75) is 53.1 Å². The van der Waals surface area contributed by atoms with Gasteiger partial charge in [0.2, 0.25) is 0 Å². The van der Waals surface area contributed by atoms with Gasteiger partial charge < -0.3 is 10.1 Å². The standard InChI is InChI=1S/C13H23NO2/c1-5-14-11(15)16-10-8-9(2)13(6-7-13)12(10,3)4/h9-10H,5-8H2,1-4H3,(H,14,15). The van der Waals surface area contributed by atoms with Crippen LogP contribution in [0, 0.1) is 16.7 Å². The van der Waals surface area contributed by atoms with Gasteiger partial charge in [-0.05, 0) is 37.5 Å². The summed E-state index contributed by atoms with van der Waals surface area (Å²) in [5.41, 5.74) is 0.585. The summed E-state index contributed by atoms with van der Waals surface area (Å²) in [4.78, 5) is 11.5. The monoisotopic (exact) mass is 225 g/mol. The molecular weight excluding hydrogens is 202 g/mol. The van der Waals surface area contributed by atoms with Gasteiger partial charge in [-0.15, -0.1) is 0 Å². The maximum atomic E-state index is 11.5. The molecule has 3 heteroatoms. The van der Waals surface area contributed by atoms with Crippen molar-refractivity contribution < 1.29 is 9.53 Å². The zero-order valence-electron chi connectivity index (χ0n) is 10.8. The SMILES string of the molecule is CCNC(=O)OC1CC(C)C2(CC2)C1(C)C. The molecule has 0 aromatic rings. The summed E-state index contributed by atoms with van der Waals surface area (Å²) in [5, 5.41) is 2.71. The lowest BCUT2D eigenvalue weighted by Crippen LogP contribution is -2.37. The molecule has 3 nitrogen and oxygen atoms in total. The Kier molecular flexibility index (Phi) is 2.67. The van der Waals surface area contributed by atoms with Crippen LogP contribution in [0.25, 0.3) is 0 Å². The van der Waals surface area contributed by atoms with Crippen LogP contribution in [0.2, 0.25) is 0 Å². The lowest BCUT2D eigenvalue weighted by Gasteiger charge is -2.33. The molecule has 2 aliphatic rings. The van der Waals surface area contributed by atoms with E-state index < -0.39 is 0 Å². The van der Waals surface area contributed by atoms with Gasteiger partial charge >= 0.3 is 6.09 Å². The van der Waals surface area contributed by atoms with Crippen molar-refractivity contribution in [3.63, 3.8) is 0 Å². The third-order valence-electron chi connectivity index (χ3n) is 4.96. The highest BCUT2D eigenvalue weighted by atomic mass is 16.6. The fraction of sp³-hybridized carbons (Fsp3) is 0.923. The molecule has 2 saturated carbocycles. The van der Waals surface area contributed by atoms with Crippen molar-refractivity contribution in [2.24, 2.45) is 16.7 Å². The average Bonchev–Trinajstić information content (AvgIpc) is 2.94. The van der Waals surface area contributed by atoms with Crippen molar-refractivity contribution >= 4 is 6.09 Å². The zero-order valence-corrected chi connectivity index (χ0v) is 10.8. The number of nitrogens with one attached hydrogen (secondary N) is 1. The van der Waals surface area contributed by atoms with Gasteiger partial charge in [-0.1, -0.05) is 20.8 Å². The van der Waals surface area contributed by atoms with E-state index in [0.717, 1.165) is 6.42 Å². The quantitative estimate of drug-likeness (QED) is 0.784. The van der Waals surface area contributed by atoms with E-state index in [2.05, 4.69) is 26.1 Å². The van der Waals surface area contributed by atoms with Crippen LogP contribution in [0.1, 0.15) is 47.0 Å². The largest absolute Gasteiger partial charge is 0.446 e. The van der Waals surface area contributed by atoms with Crippen LogP contribution in [0.5, 0.6) is 0 Å². The molecule has 0 bridgehead atoms. The summed E-state index contributed by atoms with van der Waals surface area (Å²) in [6.45, 7) is 9.36. The Bertz CT molecular complexity index is 294. The molecule has 1 spiro atoms. The Morgan fingerprint density at radius 3 is 2.50 bits per heavy atom. The van der Waals surface area contributed by atoms with Gasteiger partial charge in [-0.25, -0.2) is 4.79 Å². The van der Waals surface area contributed by atoms with Crippen LogP contribution in [-0.2, 0) is 4.74 Å². The fourth-order valence-corrected chi connectivity index (χ4v) is 3.58. The summed E-state index contributed by atoms with van der Waals surface area (Å²) in [6, 6.07) is 0. The number of ether oxygens (including phenoxy) is 1. The first-order valence-corrected chi connectivity index (χ1v) is 6.38. The smallest absolute Gasteiger partial charge is 0.407 e. The van der Waals surface area contributed by atoms with E-state index >= 15 is 0 Å². The molecule has 0 aromatic carbocycles. The Hall–Kier alpha value is -0.730. The Morgan fingerprint density at radius 1 is 1.44 bits per heavy atom. The predicted molar refractivity (Wildman–Crippen MR) is 63.2 cm³/mol. The van der Waals surface area contributed by atoms with E-state index in [1.807, 2.05) is 6.92 Å². The molecule has 0 radical (unpaired) electrons. The minimum Gasteiger partial charge on any atom is -0.446 e. The van der Waals surface area contributed by atoms with E-state index in [1.165, 1.54) is 12.8 Å². The number of hydrogen-bond acceptors (Lipinski definition) is 2. The van der Waals surface area contributed by atoms with Gasteiger partial charge in [-0.2, -0.15) is 0 Å². The second-order valence-electron chi connectivity index (χ2n) is 5.94. The molecule has 2 aliphatic carbocycles. The number of hydrogen-bond donors (Lipinski definition) is 1. The van der Waals surface area contributed by atoms with Gasteiger partial charge in [0.1, 0.15) is 6.10 Å².